The fraction of sp³-hybridized carbons (Fsp3) is 1.00. The average Bonchev–Trinajstić information content (AvgIpc) is 2.45. The maximum atomic E-state index is 6.09. The van der Waals surface area contributed by atoms with Crippen LogP contribution in [0.1, 0.15) is 51.9 Å². The van der Waals surface area contributed by atoms with E-state index < -0.39 is 0 Å². The van der Waals surface area contributed by atoms with E-state index in [-0.39, 0.29) is 0 Å². The molecule has 3 fully saturated rings. The molecule has 1 saturated carbocycles. The topological polar surface area (TPSA) is 32.5 Å². The van der Waals surface area contributed by atoms with Crippen molar-refractivity contribution in [2.24, 2.45) is 11.7 Å². The van der Waals surface area contributed by atoms with Crippen molar-refractivity contribution in [2.75, 3.05) is 32.7 Å². The van der Waals surface area contributed by atoms with Crippen molar-refractivity contribution in [1.29, 1.82) is 0 Å². The fourth-order valence-corrected chi connectivity index (χ4v) is 4.78. The van der Waals surface area contributed by atoms with E-state index in [1.165, 1.54) is 71.1 Å². The molecule has 2 heterocycles. The molecule has 0 bridgehead atoms. The average molecular weight is 265 g/mol. The SMILES string of the molecule is CC1CC(CN)(N2CCC(N3CCCCC3)CC2)C1. The number of likely N-dealkylation sites (tertiary alicyclic amines) is 2. The third-order valence-corrected chi connectivity index (χ3v) is 5.88. The molecular formula is C16H31N3. The van der Waals surface area contributed by atoms with Gasteiger partial charge in [-0.25, -0.2) is 0 Å². The summed E-state index contributed by atoms with van der Waals surface area (Å²) in [5.41, 5.74) is 6.47. The highest BCUT2D eigenvalue weighted by Crippen LogP contribution is 2.42. The van der Waals surface area contributed by atoms with Gasteiger partial charge in [-0.2, -0.15) is 0 Å². The Balaban J connectivity index is 1.51. The van der Waals surface area contributed by atoms with Crippen LogP contribution in [-0.2, 0) is 0 Å². The first-order valence-electron chi connectivity index (χ1n) is 8.43. The van der Waals surface area contributed by atoms with Crippen LogP contribution in [0.2, 0.25) is 0 Å². The Hall–Kier alpha value is -0.120. The molecule has 1 aliphatic carbocycles. The molecule has 0 radical (unpaired) electrons. The number of hydrogen-bond acceptors (Lipinski definition) is 3. The normalized spacial score (nSPS) is 39.2. The van der Waals surface area contributed by atoms with Crippen molar-refractivity contribution in [1.82, 2.24) is 9.80 Å². The highest BCUT2D eigenvalue weighted by Gasteiger charge is 2.46. The number of rotatable bonds is 3. The van der Waals surface area contributed by atoms with Crippen LogP contribution in [0, 0.1) is 5.92 Å². The molecular weight excluding hydrogens is 234 g/mol. The molecule has 110 valence electrons. The van der Waals surface area contributed by atoms with Crippen LogP contribution in [0.3, 0.4) is 0 Å². The molecule has 3 aliphatic rings. The van der Waals surface area contributed by atoms with Crippen molar-refractivity contribution >= 4 is 0 Å². The highest BCUT2D eigenvalue weighted by atomic mass is 15.3. The minimum absolute atomic E-state index is 0.381. The Labute approximate surface area is 118 Å². The Kier molecular flexibility index (Phi) is 4.16. The molecule has 3 heteroatoms. The zero-order chi connectivity index (χ0) is 13.3. The minimum atomic E-state index is 0.381. The molecule has 2 aliphatic heterocycles. The van der Waals surface area contributed by atoms with E-state index in [9.17, 15) is 0 Å². The first kappa shape index (κ1) is 13.8. The van der Waals surface area contributed by atoms with Crippen molar-refractivity contribution in [3.63, 3.8) is 0 Å². The molecule has 2 N–H and O–H groups in total. The van der Waals surface area contributed by atoms with Crippen molar-refractivity contribution < 1.29 is 0 Å². The summed E-state index contributed by atoms with van der Waals surface area (Å²) in [5.74, 6) is 0.892. The number of hydrogen-bond donors (Lipinski definition) is 1. The Morgan fingerprint density at radius 2 is 1.63 bits per heavy atom. The zero-order valence-electron chi connectivity index (χ0n) is 12.6. The van der Waals surface area contributed by atoms with Crippen LogP contribution in [0.15, 0.2) is 0 Å². The summed E-state index contributed by atoms with van der Waals surface area (Å²) in [6.07, 6.45) is 9.69. The molecule has 3 rings (SSSR count). The lowest BCUT2D eigenvalue weighted by molar-refractivity contribution is -0.0401. The molecule has 0 spiro atoms. The van der Waals surface area contributed by atoms with Gasteiger partial charge in [0.2, 0.25) is 0 Å². The zero-order valence-corrected chi connectivity index (χ0v) is 12.6. The summed E-state index contributed by atoms with van der Waals surface area (Å²) in [5, 5.41) is 0. The van der Waals surface area contributed by atoms with Gasteiger partial charge in [0, 0.05) is 31.2 Å². The Bertz CT molecular complexity index is 284. The predicted molar refractivity (Wildman–Crippen MR) is 80.2 cm³/mol. The molecule has 0 atom stereocenters. The van der Waals surface area contributed by atoms with Crippen LogP contribution in [0.25, 0.3) is 0 Å². The van der Waals surface area contributed by atoms with E-state index in [2.05, 4.69) is 16.7 Å². The molecule has 19 heavy (non-hydrogen) atoms. The van der Waals surface area contributed by atoms with Gasteiger partial charge in [-0.15, -0.1) is 0 Å². The van der Waals surface area contributed by atoms with E-state index in [1.54, 1.807) is 0 Å². The number of piperidine rings is 2. The lowest BCUT2D eigenvalue weighted by atomic mass is 9.67. The summed E-state index contributed by atoms with van der Waals surface area (Å²) < 4.78 is 0. The van der Waals surface area contributed by atoms with Gasteiger partial charge < -0.3 is 10.6 Å². The van der Waals surface area contributed by atoms with Gasteiger partial charge >= 0.3 is 0 Å². The van der Waals surface area contributed by atoms with E-state index in [4.69, 9.17) is 5.73 Å². The predicted octanol–water partition coefficient (Wildman–Crippen LogP) is 2.06. The fourth-order valence-electron chi connectivity index (χ4n) is 4.78. The third kappa shape index (κ3) is 2.70. The lowest BCUT2D eigenvalue weighted by Gasteiger charge is -2.55. The van der Waals surface area contributed by atoms with Crippen LogP contribution >= 0.6 is 0 Å². The number of nitrogens with two attached hydrogens (primary N) is 1. The van der Waals surface area contributed by atoms with Gasteiger partial charge in [-0.1, -0.05) is 13.3 Å². The molecule has 2 saturated heterocycles. The first-order chi connectivity index (χ1) is 9.23. The van der Waals surface area contributed by atoms with Crippen LogP contribution in [0.4, 0.5) is 0 Å². The van der Waals surface area contributed by atoms with Gasteiger partial charge in [0.25, 0.3) is 0 Å². The second-order valence-electron chi connectivity index (χ2n) is 7.26. The first-order valence-corrected chi connectivity index (χ1v) is 8.43. The van der Waals surface area contributed by atoms with E-state index >= 15 is 0 Å². The Morgan fingerprint density at radius 1 is 1.00 bits per heavy atom. The van der Waals surface area contributed by atoms with E-state index in [1.807, 2.05) is 0 Å². The van der Waals surface area contributed by atoms with Gasteiger partial charge in [0.15, 0.2) is 0 Å². The van der Waals surface area contributed by atoms with Gasteiger partial charge in [-0.3, -0.25) is 4.90 Å². The van der Waals surface area contributed by atoms with Crippen LogP contribution < -0.4 is 5.73 Å². The molecule has 0 aromatic heterocycles. The maximum absolute atomic E-state index is 6.09. The molecule has 0 aromatic rings. The van der Waals surface area contributed by atoms with Gasteiger partial charge in [-0.05, 0) is 57.5 Å². The van der Waals surface area contributed by atoms with Crippen LogP contribution in [0.5, 0.6) is 0 Å². The smallest absolute Gasteiger partial charge is 0.0336 e. The monoisotopic (exact) mass is 265 g/mol. The molecule has 0 aromatic carbocycles. The second-order valence-corrected chi connectivity index (χ2v) is 7.26. The molecule has 0 amide bonds. The summed E-state index contributed by atoms with van der Waals surface area (Å²) in [6, 6.07) is 0.865. The van der Waals surface area contributed by atoms with E-state index in [0.29, 0.717) is 5.54 Å². The van der Waals surface area contributed by atoms with Crippen molar-refractivity contribution in [3.8, 4) is 0 Å². The molecule has 0 unspecified atom stereocenters. The maximum Gasteiger partial charge on any atom is 0.0336 e. The summed E-state index contributed by atoms with van der Waals surface area (Å²) >= 11 is 0. The van der Waals surface area contributed by atoms with Crippen LogP contribution in [-0.4, -0.2) is 54.1 Å². The quantitative estimate of drug-likeness (QED) is 0.848. The minimum Gasteiger partial charge on any atom is -0.329 e. The van der Waals surface area contributed by atoms with Gasteiger partial charge in [0.05, 0.1) is 0 Å². The molecule has 3 nitrogen and oxygen atoms in total. The van der Waals surface area contributed by atoms with E-state index in [0.717, 1.165) is 18.5 Å². The summed E-state index contributed by atoms with van der Waals surface area (Å²) in [4.78, 5) is 5.49. The summed E-state index contributed by atoms with van der Waals surface area (Å²) in [6.45, 7) is 8.50. The highest BCUT2D eigenvalue weighted by molar-refractivity contribution is 5.03. The lowest BCUT2D eigenvalue weighted by Crippen LogP contribution is -2.64. The second kappa shape index (κ2) is 5.71. The standard InChI is InChI=1S/C16H31N3/c1-14-11-16(12-14,13-17)19-9-5-15(6-10-19)18-7-3-2-4-8-18/h14-15H,2-13,17H2,1H3. The van der Waals surface area contributed by atoms with Crippen molar-refractivity contribution in [2.45, 2.75) is 63.5 Å². The van der Waals surface area contributed by atoms with Gasteiger partial charge in [0.1, 0.15) is 0 Å². The van der Waals surface area contributed by atoms with Crippen molar-refractivity contribution in [3.05, 3.63) is 0 Å². The number of nitrogens with zero attached hydrogens (tertiary/aromatic N) is 2. The third-order valence-electron chi connectivity index (χ3n) is 5.88. The summed E-state index contributed by atoms with van der Waals surface area (Å²) in [7, 11) is 0. The Morgan fingerprint density at radius 3 is 2.16 bits per heavy atom. The largest absolute Gasteiger partial charge is 0.329 e.